The smallest absolute Gasteiger partial charge is 0.0480 e. The Hall–Kier alpha value is -0.380. The van der Waals surface area contributed by atoms with E-state index >= 15 is 0 Å². The lowest BCUT2D eigenvalue weighted by Gasteiger charge is -2.16. The van der Waals surface area contributed by atoms with Gasteiger partial charge in [-0.15, -0.1) is 0 Å². The molecule has 0 aliphatic heterocycles. The molecule has 1 atom stereocenters. The van der Waals surface area contributed by atoms with Crippen LogP contribution in [0.3, 0.4) is 0 Å². The number of halogens is 1. The van der Waals surface area contributed by atoms with Gasteiger partial charge in [0.1, 0.15) is 0 Å². The minimum atomic E-state index is 0.494. The number of benzene rings is 1. The molecule has 0 amide bonds. The van der Waals surface area contributed by atoms with Gasteiger partial charge in [0, 0.05) is 23.7 Å². The molecule has 0 saturated carbocycles. The third kappa shape index (κ3) is 6.20. The topological polar surface area (TPSA) is 21.3 Å². The van der Waals surface area contributed by atoms with E-state index in [-0.39, 0.29) is 0 Å². The molecule has 3 heteroatoms. The van der Waals surface area contributed by atoms with Crippen molar-refractivity contribution >= 4 is 15.9 Å². The highest BCUT2D eigenvalue weighted by Gasteiger charge is 2.06. The van der Waals surface area contributed by atoms with Crippen LogP contribution in [0.2, 0.25) is 0 Å². The first-order chi connectivity index (χ1) is 8.26. The van der Waals surface area contributed by atoms with Gasteiger partial charge in [-0.25, -0.2) is 0 Å². The van der Waals surface area contributed by atoms with Crippen molar-refractivity contribution in [3.8, 4) is 0 Å². The number of ether oxygens (including phenoxy) is 1. The van der Waals surface area contributed by atoms with Gasteiger partial charge in [0.05, 0.1) is 0 Å². The fraction of sp³-hybridized carbons (Fsp3) is 0.571. The highest BCUT2D eigenvalue weighted by Crippen LogP contribution is 2.12. The highest BCUT2D eigenvalue weighted by atomic mass is 79.9. The standard InChI is InChI=1S/C14H22BrNO/c1-3-9-17-10-8-14(16-2)11-12-4-6-13(15)7-5-12/h4-7,14,16H,3,8-11H2,1-2H3. The maximum atomic E-state index is 5.52. The Morgan fingerprint density at radius 1 is 1.24 bits per heavy atom. The third-order valence-electron chi connectivity index (χ3n) is 2.76. The van der Waals surface area contributed by atoms with E-state index in [1.54, 1.807) is 0 Å². The Labute approximate surface area is 113 Å². The van der Waals surface area contributed by atoms with Crippen LogP contribution in [0.1, 0.15) is 25.3 Å². The largest absolute Gasteiger partial charge is 0.381 e. The lowest BCUT2D eigenvalue weighted by molar-refractivity contribution is 0.125. The average molecular weight is 300 g/mol. The summed E-state index contributed by atoms with van der Waals surface area (Å²) < 4.78 is 6.66. The zero-order valence-electron chi connectivity index (χ0n) is 10.7. The summed E-state index contributed by atoms with van der Waals surface area (Å²) in [4.78, 5) is 0. The van der Waals surface area contributed by atoms with E-state index in [4.69, 9.17) is 4.74 Å². The van der Waals surface area contributed by atoms with Gasteiger partial charge in [-0.2, -0.15) is 0 Å². The minimum Gasteiger partial charge on any atom is -0.381 e. The van der Waals surface area contributed by atoms with Crippen molar-refractivity contribution in [1.29, 1.82) is 0 Å². The molecule has 0 bridgehead atoms. The minimum absolute atomic E-state index is 0.494. The van der Waals surface area contributed by atoms with Gasteiger partial charge >= 0.3 is 0 Å². The van der Waals surface area contributed by atoms with E-state index in [2.05, 4.69) is 52.4 Å². The van der Waals surface area contributed by atoms with Gasteiger partial charge in [0.2, 0.25) is 0 Å². The van der Waals surface area contributed by atoms with Crippen LogP contribution < -0.4 is 5.32 Å². The van der Waals surface area contributed by atoms with Crippen molar-refractivity contribution < 1.29 is 4.74 Å². The highest BCUT2D eigenvalue weighted by molar-refractivity contribution is 9.10. The van der Waals surface area contributed by atoms with Gasteiger partial charge in [0.15, 0.2) is 0 Å². The molecule has 0 spiro atoms. The second-order valence-corrected chi connectivity index (χ2v) is 5.13. The zero-order valence-corrected chi connectivity index (χ0v) is 12.3. The quantitative estimate of drug-likeness (QED) is 0.743. The Bertz CT molecular complexity index is 300. The summed E-state index contributed by atoms with van der Waals surface area (Å²) in [6.45, 7) is 3.85. The number of nitrogens with one attached hydrogen (secondary N) is 1. The molecule has 0 aliphatic rings. The normalized spacial score (nSPS) is 12.6. The summed E-state index contributed by atoms with van der Waals surface area (Å²) in [5.74, 6) is 0. The molecule has 2 nitrogen and oxygen atoms in total. The molecule has 17 heavy (non-hydrogen) atoms. The Kier molecular flexibility index (Phi) is 7.49. The summed E-state index contributed by atoms with van der Waals surface area (Å²) in [5.41, 5.74) is 1.36. The molecular formula is C14H22BrNO. The predicted octanol–water partition coefficient (Wildman–Crippen LogP) is 3.40. The number of rotatable bonds is 8. The molecule has 1 aromatic rings. The fourth-order valence-corrected chi connectivity index (χ4v) is 1.99. The average Bonchev–Trinajstić information content (AvgIpc) is 2.35. The Morgan fingerprint density at radius 2 is 1.94 bits per heavy atom. The van der Waals surface area contributed by atoms with Crippen LogP contribution in [0.5, 0.6) is 0 Å². The van der Waals surface area contributed by atoms with Gasteiger partial charge in [-0.3, -0.25) is 0 Å². The third-order valence-corrected chi connectivity index (χ3v) is 3.29. The van der Waals surface area contributed by atoms with Crippen LogP contribution in [0, 0.1) is 0 Å². The molecular weight excluding hydrogens is 278 g/mol. The lowest BCUT2D eigenvalue weighted by atomic mass is 10.0. The van der Waals surface area contributed by atoms with E-state index in [9.17, 15) is 0 Å². The molecule has 1 N–H and O–H groups in total. The molecule has 1 unspecified atom stereocenters. The van der Waals surface area contributed by atoms with Crippen molar-refractivity contribution in [3.63, 3.8) is 0 Å². The van der Waals surface area contributed by atoms with Crippen molar-refractivity contribution in [2.24, 2.45) is 0 Å². The Balaban J connectivity index is 2.33. The first kappa shape index (κ1) is 14.7. The maximum Gasteiger partial charge on any atom is 0.0480 e. The molecule has 96 valence electrons. The molecule has 0 heterocycles. The van der Waals surface area contributed by atoms with Crippen molar-refractivity contribution in [1.82, 2.24) is 5.32 Å². The van der Waals surface area contributed by atoms with Gasteiger partial charge < -0.3 is 10.1 Å². The number of hydrogen-bond acceptors (Lipinski definition) is 2. The van der Waals surface area contributed by atoms with Crippen molar-refractivity contribution in [3.05, 3.63) is 34.3 Å². The molecule has 0 aliphatic carbocycles. The van der Waals surface area contributed by atoms with E-state index < -0.39 is 0 Å². The molecule has 0 radical (unpaired) electrons. The predicted molar refractivity (Wildman–Crippen MR) is 76.4 cm³/mol. The van der Waals surface area contributed by atoms with E-state index in [0.717, 1.165) is 36.9 Å². The summed E-state index contributed by atoms with van der Waals surface area (Å²) >= 11 is 3.45. The second-order valence-electron chi connectivity index (χ2n) is 4.22. The summed E-state index contributed by atoms with van der Waals surface area (Å²) in [5, 5.41) is 3.35. The van der Waals surface area contributed by atoms with Gasteiger partial charge in [-0.1, -0.05) is 35.0 Å². The lowest BCUT2D eigenvalue weighted by Crippen LogP contribution is -2.29. The molecule has 1 rings (SSSR count). The first-order valence-corrected chi connectivity index (χ1v) is 7.05. The van der Waals surface area contributed by atoms with Crippen molar-refractivity contribution in [2.45, 2.75) is 32.2 Å². The molecule has 1 aromatic carbocycles. The summed E-state index contributed by atoms with van der Waals surface area (Å²) in [6, 6.07) is 9.02. The van der Waals surface area contributed by atoms with Crippen LogP contribution in [0.25, 0.3) is 0 Å². The van der Waals surface area contributed by atoms with E-state index in [1.165, 1.54) is 5.56 Å². The monoisotopic (exact) mass is 299 g/mol. The first-order valence-electron chi connectivity index (χ1n) is 6.25. The second kappa shape index (κ2) is 8.67. The van der Waals surface area contributed by atoms with Gasteiger partial charge in [-0.05, 0) is 44.0 Å². The number of likely N-dealkylation sites (N-methyl/N-ethyl adjacent to an activating group) is 1. The molecule has 0 fully saturated rings. The van der Waals surface area contributed by atoms with Crippen molar-refractivity contribution in [2.75, 3.05) is 20.3 Å². The SMILES string of the molecule is CCCOCCC(Cc1ccc(Br)cc1)NC. The zero-order chi connectivity index (χ0) is 12.5. The fourth-order valence-electron chi connectivity index (χ4n) is 1.73. The molecule has 0 aromatic heterocycles. The van der Waals surface area contributed by atoms with Crippen LogP contribution in [-0.4, -0.2) is 26.3 Å². The van der Waals surface area contributed by atoms with Crippen LogP contribution >= 0.6 is 15.9 Å². The summed E-state index contributed by atoms with van der Waals surface area (Å²) in [7, 11) is 2.02. The van der Waals surface area contributed by atoms with Gasteiger partial charge in [0.25, 0.3) is 0 Å². The van der Waals surface area contributed by atoms with Crippen LogP contribution in [-0.2, 0) is 11.2 Å². The maximum absolute atomic E-state index is 5.52. The number of hydrogen-bond donors (Lipinski definition) is 1. The Morgan fingerprint density at radius 3 is 2.53 bits per heavy atom. The molecule has 0 saturated heterocycles. The summed E-state index contributed by atoms with van der Waals surface area (Å²) in [6.07, 6.45) is 3.21. The van der Waals surface area contributed by atoms with Crippen LogP contribution in [0.4, 0.5) is 0 Å². The van der Waals surface area contributed by atoms with Crippen LogP contribution in [0.15, 0.2) is 28.7 Å². The van der Waals surface area contributed by atoms with E-state index in [1.807, 2.05) is 7.05 Å². The van der Waals surface area contributed by atoms with E-state index in [0.29, 0.717) is 6.04 Å².